The Morgan fingerprint density at radius 1 is 1.43 bits per heavy atom. The van der Waals surface area contributed by atoms with Crippen LogP contribution in [0.1, 0.15) is 29.6 Å². The average molecular weight is 336 g/mol. The number of nitrogens with one attached hydrogen (secondary N) is 1. The van der Waals surface area contributed by atoms with Crippen LogP contribution in [0.5, 0.6) is 0 Å². The van der Waals surface area contributed by atoms with Crippen molar-refractivity contribution >= 4 is 28.5 Å². The summed E-state index contributed by atoms with van der Waals surface area (Å²) in [6, 6.07) is 6.90. The molecule has 1 aliphatic heterocycles. The van der Waals surface area contributed by atoms with Crippen molar-refractivity contribution in [1.82, 2.24) is 5.32 Å². The van der Waals surface area contributed by atoms with E-state index in [1.165, 1.54) is 4.90 Å². The predicted molar refractivity (Wildman–Crippen MR) is 88.1 cm³/mol. The molecule has 1 heterocycles. The minimum atomic E-state index is -0.950. The van der Waals surface area contributed by atoms with Crippen LogP contribution in [0.25, 0.3) is 0 Å². The average Bonchev–Trinajstić information content (AvgIpc) is 2.92. The van der Waals surface area contributed by atoms with E-state index in [4.69, 9.17) is 4.74 Å². The van der Waals surface area contributed by atoms with E-state index in [0.717, 1.165) is 19.3 Å². The summed E-state index contributed by atoms with van der Waals surface area (Å²) in [6.45, 7) is 1.27. The number of carbonyl (C=O) groups is 2. The summed E-state index contributed by atoms with van der Waals surface area (Å²) in [5.41, 5.74) is 1.14. The van der Waals surface area contributed by atoms with Crippen LogP contribution < -0.4 is 10.2 Å². The molecule has 2 aliphatic rings. The van der Waals surface area contributed by atoms with Gasteiger partial charge in [-0.3, -0.25) is 13.9 Å². The third-order valence-corrected chi connectivity index (χ3v) is 6.40. The molecule has 0 radical (unpaired) electrons. The second kappa shape index (κ2) is 6.31. The van der Waals surface area contributed by atoms with Gasteiger partial charge in [-0.05, 0) is 31.0 Å². The van der Waals surface area contributed by atoms with Crippen molar-refractivity contribution in [3.05, 3.63) is 29.8 Å². The van der Waals surface area contributed by atoms with E-state index in [1.807, 2.05) is 0 Å². The fourth-order valence-electron chi connectivity index (χ4n) is 2.92. The Labute approximate surface area is 137 Å². The first-order valence-electron chi connectivity index (χ1n) is 7.68. The molecule has 0 bridgehead atoms. The van der Waals surface area contributed by atoms with Gasteiger partial charge in [-0.25, -0.2) is 4.79 Å². The van der Waals surface area contributed by atoms with Crippen LogP contribution in [0.15, 0.2) is 24.3 Å². The topological polar surface area (TPSA) is 75.7 Å². The predicted octanol–water partition coefficient (Wildman–Crippen LogP) is 1.67. The number of benzene rings is 1. The molecule has 3 rings (SSSR count). The lowest BCUT2D eigenvalue weighted by Crippen LogP contribution is -2.50. The van der Waals surface area contributed by atoms with Crippen LogP contribution in [0.4, 0.5) is 10.5 Å². The number of carbonyl (C=O) groups excluding carboxylic acids is 2. The van der Waals surface area contributed by atoms with Crippen molar-refractivity contribution in [1.29, 1.82) is 0 Å². The largest absolute Gasteiger partial charge is 0.447 e. The molecule has 7 heteroatoms. The zero-order valence-electron chi connectivity index (χ0n) is 13.0. The lowest BCUT2D eigenvalue weighted by Gasteiger charge is -2.39. The molecule has 1 aliphatic carbocycles. The summed E-state index contributed by atoms with van der Waals surface area (Å²) in [5.74, 6) is -0.212. The van der Waals surface area contributed by atoms with Gasteiger partial charge >= 0.3 is 6.09 Å². The van der Waals surface area contributed by atoms with E-state index in [2.05, 4.69) is 5.32 Å². The summed E-state index contributed by atoms with van der Waals surface area (Å²) in [7, 11) is -0.950. The number of rotatable bonds is 5. The van der Waals surface area contributed by atoms with Gasteiger partial charge < -0.3 is 10.1 Å². The molecule has 2 fully saturated rings. The normalized spacial score (nSPS) is 20.6. The lowest BCUT2D eigenvalue weighted by atomic mass is 9.84. The third kappa shape index (κ3) is 3.10. The SMILES string of the molecule is C[S@](=O)C1(CNC(=O)c2cccc(N3CCOC3=O)c2)CCC1. The van der Waals surface area contributed by atoms with E-state index in [0.29, 0.717) is 30.9 Å². The second-order valence-corrected chi connectivity index (χ2v) is 7.76. The van der Waals surface area contributed by atoms with Crippen molar-refractivity contribution in [2.24, 2.45) is 0 Å². The Bertz CT molecular complexity index is 657. The number of nitrogens with zero attached hydrogens (tertiary/aromatic N) is 1. The summed E-state index contributed by atoms with van der Waals surface area (Å²) >= 11 is 0. The molecule has 0 aromatic heterocycles. The molecule has 1 atom stereocenters. The quantitative estimate of drug-likeness (QED) is 0.887. The van der Waals surface area contributed by atoms with E-state index in [1.54, 1.807) is 30.5 Å². The monoisotopic (exact) mass is 336 g/mol. The second-order valence-electron chi connectivity index (χ2n) is 5.99. The number of hydrogen-bond donors (Lipinski definition) is 1. The molecule has 6 nitrogen and oxygen atoms in total. The maximum Gasteiger partial charge on any atom is 0.414 e. The molecule has 1 saturated heterocycles. The zero-order valence-corrected chi connectivity index (χ0v) is 13.9. The van der Waals surface area contributed by atoms with E-state index < -0.39 is 16.9 Å². The van der Waals surface area contributed by atoms with Gasteiger partial charge in [0.25, 0.3) is 5.91 Å². The molecule has 1 aromatic carbocycles. The van der Waals surface area contributed by atoms with E-state index >= 15 is 0 Å². The Kier molecular flexibility index (Phi) is 4.39. The van der Waals surface area contributed by atoms with Gasteiger partial charge in [0.05, 0.1) is 11.3 Å². The fourth-order valence-corrected chi connectivity index (χ4v) is 4.06. The minimum Gasteiger partial charge on any atom is -0.447 e. The molecule has 1 aromatic rings. The van der Waals surface area contributed by atoms with Crippen LogP contribution in [0.3, 0.4) is 0 Å². The number of ether oxygens (including phenoxy) is 1. The summed E-state index contributed by atoms with van der Waals surface area (Å²) in [6.07, 6.45) is 4.14. The van der Waals surface area contributed by atoms with Gasteiger partial charge in [0, 0.05) is 34.9 Å². The van der Waals surface area contributed by atoms with Crippen molar-refractivity contribution in [3.63, 3.8) is 0 Å². The highest BCUT2D eigenvalue weighted by Gasteiger charge is 2.41. The van der Waals surface area contributed by atoms with Gasteiger partial charge in [-0.1, -0.05) is 12.5 Å². The van der Waals surface area contributed by atoms with Crippen LogP contribution in [-0.4, -0.2) is 46.9 Å². The van der Waals surface area contributed by atoms with Crippen molar-refractivity contribution in [2.45, 2.75) is 24.0 Å². The first-order chi connectivity index (χ1) is 11.0. The molecule has 0 unspecified atom stereocenters. The molecular formula is C16H20N2O4S. The minimum absolute atomic E-state index is 0.212. The number of cyclic esters (lactones) is 1. The van der Waals surface area contributed by atoms with Crippen molar-refractivity contribution < 1.29 is 18.5 Å². The molecule has 1 saturated carbocycles. The maximum atomic E-state index is 12.4. The molecule has 0 spiro atoms. The van der Waals surface area contributed by atoms with Crippen LogP contribution in [0, 0.1) is 0 Å². The summed E-state index contributed by atoms with van der Waals surface area (Å²) in [5, 5.41) is 2.89. The first kappa shape index (κ1) is 16.0. The Balaban J connectivity index is 1.68. The number of anilines is 1. The summed E-state index contributed by atoms with van der Waals surface area (Å²) in [4.78, 5) is 25.5. The molecule has 1 N–H and O–H groups in total. The molecular weight excluding hydrogens is 316 g/mol. The molecule has 124 valence electrons. The van der Waals surface area contributed by atoms with Crippen LogP contribution in [-0.2, 0) is 15.5 Å². The Hall–Kier alpha value is -1.89. The van der Waals surface area contributed by atoms with Gasteiger partial charge in [-0.2, -0.15) is 0 Å². The van der Waals surface area contributed by atoms with Crippen LogP contribution in [0.2, 0.25) is 0 Å². The Morgan fingerprint density at radius 2 is 2.22 bits per heavy atom. The van der Waals surface area contributed by atoms with Crippen LogP contribution >= 0.6 is 0 Å². The lowest BCUT2D eigenvalue weighted by molar-refractivity contribution is 0.0943. The highest BCUT2D eigenvalue weighted by molar-refractivity contribution is 7.85. The maximum absolute atomic E-state index is 12.4. The van der Waals surface area contributed by atoms with Gasteiger partial charge in [0.15, 0.2) is 0 Å². The smallest absolute Gasteiger partial charge is 0.414 e. The van der Waals surface area contributed by atoms with Crippen molar-refractivity contribution in [3.8, 4) is 0 Å². The molecule has 23 heavy (non-hydrogen) atoms. The van der Waals surface area contributed by atoms with E-state index in [9.17, 15) is 13.8 Å². The zero-order chi connectivity index (χ0) is 16.4. The molecule has 2 amide bonds. The fraction of sp³-hybridized carbons (Fsp3) is 0.500. The highest BCUT2D eigenvalue weighted by atomic mass is 32.2. The third-order valence-electron chi connectivity index (χ3n) is 4.63. The first-order valence-corrected chi connectivity index (χ1v) is 9.24. The van der Waals surface area contributed by atoms with Gasteiger partial charge in [-0.15, -0.1) is 0 Å². The Morgan fingerprint density at radius 3 is 2.78 bits per heavy atom. The van der Waals surface area contributed by atoms with Gasteiger partial charge in [0.2, 0.25) is 0 Å². The number of amides is 2. The highest BCUT2D eigenvalue weighted by Crippen LogP contribution is 2.36. The standard InChI is InChI=1S/C16H20N2O4S/c1-23(21)16(6-3-7-16)11-17-14(19)12-4-2-5-13(10-12)18-8-9-22-15(18)20/h2,4-5,10H,3,6-9,11H2,1H3,(H,17,19)/t23-/m0/s1. The van der Waals surface area contributed by atoms with Gasteiger partial charge in [0.1, 0.15) is 6.61 Å². The van der Waals surface area contributed by atoms with Crippen molar-refractivity contribution in [2.75, 3.05) is 30.9 Å². The number of hydrogen-bond acceptors (Lipinski definition) is 4. The summed E-state index contributed by atoms with van der Waals surface area (Å²) < 4.78 is 16.5. The van der Waals surface area contributed by atoms with E-state index in [-0.39, 0.29) is 10.7 Å².